The van der Waals surface area contributed by atoms with Gasteiger partial charge in [-0.15, -0.1) is 0 Å². The number of fused-ring (bicyclic) bond motifs is 1. The molecule has 1 heterocycles. The van der Waals surface area contributed by atoms with E-state index < -0.39 is 10.0 Å². The summed E-state index contributed by atoms with van der Waals surface area (Å²) in [6.45, 7) is 0.123. The van der Waals surface area contributed by atoms with Gasteiger partial charge in [0.15, 0.2) is 11.5 Å². The molecule has 0 bridgehead atoms. The molecule has 0 amide bonds. The van der Waals surface area contributed by atoms with Gasteiger partial charge in [0, 0.05) is 18.1 Å². The molecule has 0 N–H and O–H groups in total. The lowest BCUT2D eigenvalue weighted by Crippen LogP contribution is -2.26. The summed E-state index contributed by atoms with van der Waals surface area (Å²) in [6.07, 6.45) is 0. The normalized spacial score (nSPS) is 13.2. The Labute approximate surface area is 138 Å². The summed E-state index contributed by atoms with van der Waals surface area (Å²) in [4.78, 5) is -0.0151. The van der Waals surface area contributed by atoms with Crippen molar-refractivity contribution < 1.29 is 17.9 Å². The molecule has 116 valence electrons. The van der Waals surface area contributed by atoms with Crippen LogP contribution in [0.4, 0.5) is 5.69 Å². The third-order valence-electron chi connectivity index (χ3n) is 3.25. The highest BCUT2D eigenvalue weighted by Gasteiger charge is 2.25. The van der Waals surface area contributed by atoms with E-state index in [9.17, 15) is 8.42 Å². The molecule has 0 fully saturated rings. The van der Waals surface area contributed by atoms with Crippen molar-refractivity contribution in [3.05, 3.63) is 46.4 Å². The van der Waals surface area contributed by atoms with E-state index in [1.807, 2.05) is 0 Å². The van der Waals surface area contributed by atoms with Crippen LogP contribution in [0, 0.1) is 0 Å². The topological polar surface area (TPSA) is 55.8 Å². The Balaban J connectivity index is 2.01. The lowest BCUT2D eigenvalue weighted by Gasteiger charge is -2.20. The van der Waals surface area contributed by atoms with Crippen molar-refractivity contribution in [1.82, 2.24) is 0 Å². The molecule has 0 saturated heterocycles. The van der Waals surface area contributed by atoms with Crippen molar-refractivity contribution in [3.63, 3.8) is 0 Å². The third-order valence-corrected chi connectivity index (χ3v) is 5.76. The van der Waals surface area contributed by atoms with Gasteiger partial charge < -0.3 is 9.47 Å². The molecule has 5 nitrogen and oxygen atoms in total. The fourth-order valence-corrected chi connectivity index (χ4v) is 3.98. The van der Waals surface area contributed by atoms with Crippen LogP contribution in [-0.2, 0) is 10.0 Å². The maximum atomic E-state index is 12.7. The van der Waals surface area contributed by atoms with Crippen LogP contribution in [-0.4, -0.2) is 22.3 Å². The molecule has 22 heavy (non-hydrogen) atoms. The van der Waals surface area contributed by atoms with Crippen LogP contribution in [0.2, 0.25) is 10.0 Å². The Morgan fingerprint density at radius 2 is 1.77 bits per heavy atom. The first-order valence-corrected chi connectivity index (χ1v) is 8.43. The molecular weight excluding hydrogens is 349 g/mol. The van der Waals surface area contributed by atoms with E-state index in [1.165, 1.54) is 25.2 Å². The number of ether oxygens (including phenoxy) is 2. The zero-order valence-corrected chi connectivity index (χ0v) is 13.7. The minimum Gasteiger partial charge on any atom is -0.454 e. The standard InChI is InChI=1S/C14H11Cl2NO4S/c1-17(10-3-4-12-13(7-10)21-8-20-12)22(18,19)14-5-2-9(15)6-11(14)16/h2-7H,8H2,1H3. The molecule has 8 heteroatoms. The van der Waals surface area contributed by atoms with Crippen LogP contribution in [0.3, 0.4) is 0 Å². The van der Waals surface area contributed by atoms with Gasteiger partial charge in [-0.1, -0.05) is 23.2 Å². The number of rotatable bonds is 3. The summed E-state index contributed by atoms with van der Waals surface area (Å²) < 4.78 is 37.0. The van der Waals surface area contributed by atoms with E-state index in [1.54, 1.807) is 18.2 Å². The van der Waals surface area contributed by atoms with Crippen molar-refractivity contribution in [3.8, 4) is 11.5 Å². The summed E-state index contributed by atoms with van der Waals surface area (Å²) in [5, 5.41) is 0.440. The largest absolute Gasteiger partial charge is 0.454 e. The molecule has 0 radical (unpaired) electrons. The van der Waals surface area contributed by atoms with Gasteiger partial charge in [-0.3, -0.25) is 4.31 Å². The monoisotopic (exact) mass is 359 g/mol. The first-order valence-electron chi connectivity index (χ1n) is 6.23. The summed E-state index contributed by atoms with van der Waals surface area (Å²) >= 11 is 11.8. The zero-order chi connectivity index (χ0) is 15.9. The van der Waals surface area contributed by atoms with Gasteiger partial charge in [-0.05, 0) is 30.3 Å². The van der Waals surface area contributed by atoms with Gasteiger partial charge in [-0.25, -0.2) is 8.42 Å². The van der Waals surface area contributed by atoms with Crippen LogP contribution in [0.25, 0.3) is 0 Å². The molecule has 0 aromatic heterocycles. The first kappa shape index (κ1) is 15.3. The molecule has 0 aliphatic carbocycles. The Hall–Kier alpha value is -1.63. The number of anilines is 1. The minimum absolute atomic E-state index is 0.0151. The second-order valence-electron chi connectivity index (χ2n) is 4.58. The van der Waals surface area contributed by atoms with Crippen molar-refractivity contribution in [2.45, 2.75) is 4.90 Å². The van der Waals surface area contributed by atoms with Crippen LogP contribution >= 0.6 is 23.2 Å². The van der Waals surface area contributed by atoms with Crippen LogP contribution in [0.15, 0.2) is 41.3 Å². The molecule has 2 aromatic rings. The number of sulfonamides is 1. The Kier molecular flexibility index (Phi) is 3.84. The average molecular weight is 360 g/mol. The summed E-state index contributed by atoms with van der Waals surface area (Å²) in [6, 6.07) is 9.15. The van der Waals surface area contributed by atoms with E-state index >= 15 is 0 Å². The molecule has 0 atom stereocenters. The lowest BCUT2D eigenvalue weighted by molar-refractivity contribution is 0.174. The molecular formula is C14H11Cl2NO4S. The second kappa shape index (κ2) is 5.53. The smallest absolute Gasteiger partial charge is 0.265 e. The minimum atomic E-state index is -3.81. The lowest BCUT2D eigenvalue weighted by atomic mass is 10.3. The van der Waals surface area contributed by atoms with E-state index in [2.05, 4.69) is 0 Å². The molecule has 1 aliphatic rings. The highest BCUT2D eigenvalue weighted by molar-refractivity contribution is 7.93. The summed E-state index contributed by atoms with van der Waals surface area (Å²) in [5.74, 6) is 1.08. The zero-order valence-electron chi connectivity index (χ0n) is 11.4. The maximum absolute atomic E-state index is 12.7. The maximum Gasteiger partial charge on any atom is 0.265 e. The molecule has 0 unspecified atom stereocenters. The first-order chi connectivity index (χ1) is 10.4. The predicted molar refractivity (Wildman–Crippen MR) is 84.6 cm³/mol. The SMILES string of the molecule is CN(c1ccc2c(c1)OCO2)S(=O)(=O)c1ccc(Cl)cc1Cl. The second-order valence-corrected chi connectivity index (χ2v) is 7.37. The summed E-state index contributed by atoms with van der Waals surface area (Å²) in [7, 11) is -2.37. The van der Waals surface area contributed by atoms with Gasteiger partial charge >= 0.3 is 0 Å². The van der Waals surface area contributed by atoms with Gasteiger partial charge in [0.1, 0.15) is 4.90 Å². The van der Waals surface area contributed by atoms with Crippen molar-refractivity contribution in [2.75, 3.05) is 18.1 Å². The third kappa shape index (κ3) is 2.58. The number of benzene rings is 2. The van der Waals surface area contributed by atoms with Crippen molar-refractivity contribution in [2.24, 2.45) is 0 Å². The van der Waals surface area contributed by atoms with Crippen molar-refractivity contribution in [1.29, 1.82) is 0 Å². The number of hydrogen-bond acceptors (Lipinski definition) is 4. The predicted octanol–water partition coefficient (Wildman–Crippen LogP) is 3.55. The van der Waals surface area contributed by atoms with Gasteiger partial charge in [-0.2, -0.15) is 0 Å². The van der Waals surface area contributed by atoms with E-state index in [0.717, 1.165) is 4.31 Å². The number of nitrogens with zero attached hydrogens (tertiary/aromatic N) is 1. The number of halogens is 2. The molecule has 1 aliphatic heterocycles. The molecule has 3 rings (SSSR count). The van der Waals surface area contributed by atoms with E-state index in [4.69, 9.17) is 32.7 Å². The van der Waals surface area contributed by atoms with Crippen LogP contribution < -0.4 is 13.8 Å². The van der Waals surface area contributed by atoms with E-state index in [-0.39, 0.29) is 16.7 Å². The Morgan fingerprint density at radius 1 is 1.05 bits per heavy atom. The van der Waals surface area contributed by atoms with Crippen LogP contribution in [0.1, 0.15) is 0 Å². The fourth-order valence-electron chi connectivity index (χ4n) is 2.05. The quantitative estimate of drug-likeness (QED) is 0.840. The summed E-state index contributed by atoms with van der Waals surface area (Å²) in [5.41, 5.74) is 0.440. The highest BCUT2D eigenvalue weighted by atomic mass is 35.5. The Morgan fingerprint density at radius 3 is 2.50 bits per heavy atom. The average Bonchev–Trinajstić information content (AvgIpc) is 2.93. The molecule has 2 aromatic carbocycles. The van der Waals surface area contributed by atoms with Crippen LogP contribution in [0.5, 0.6) is 11.5 Å². The van der Waals surface area contributed by atoms with Gasteiger partial charge in [0.2, 0.25) is 6.79 Å². The van der Waals surface area contributed by atoms with Gasteiger partial charge in [0.05, 0.1) is 10.7 Å². The highest BCUT2D eigenvalue weighted by Crippen LogP contribution is 2.37. The van der Waals surface area contributed by atoms with Gasteiger partial charge in [0.25, 0.3) is 10.0 Å². The number of hydrogen-bond donors (Lipinski definition) is 0. The fraction of sp³-hybridized carbons (Fsp3) is 0.143. The van der Waals surface area contributed by atoms with E-state index in [0.29, 0.717) is 22.2 Å². The Bertz CT molecular complexity index is 839. The molecule has 0 spiro atoms. The van der Waals surface area contributed by atoms with Crippen molar-refractivity contribution >= 4 is 38.9 Å². The molecule has 0 saturated carbocycles.